The predicted octanol–water partition coefficient (Wildman–Crippen LogP) is 5.05. The van der Waals surface area contributed by atoms with Crippen molar-refractivity contribution in [3.05, 3.63) is 55.0 Å². The first-order valence-electron chi connectivity index (χ1n) is 5.23. The summed E-state index contributed by atoms with van der Waals surface area (Å²) in [6.07, 6.45) is 0. The third kappa shape index (κ3) is 3.51. The van der Waals surface area contributed by atoms with Crippen LogP contribution in [-0.2, 0) is 10.0 Å². The highest BCUT2D eigenvalue weighted by atomic mass is 127. The molecule has 3 nitrogen and oxygen atoms in total. The molecule has 0 aromatic heterocycles. The summed E-state index contributed by atoms with van der Waals surface area (Å²) >= 11 is 19.6. The van der Waals surface area contributed by atoms with Gasteiger partial charge in [-0.3, -0.25) is 4.72 Å². The van der Waals surface area contributed by atoms with E-state index in [1.165, 1.54) is 12.1 Å². The van der Waals surface area contributed by atoms with E-state index in [4.69, 9.17) is 34.8 Å². The number of hydrogen-bond acceptors (Lipinski definition) is 2. The lowest BCUT2D eigenvalue weighted by Crippen LogP contribution is -2.14. The predicted molar refractivity (Wildman–Crippen MR) is 91.4 cm³/mol. The Labute approximate surface area is 145 Å². The molecule has 0 unspecified atom stereocenters. The van der Waals surface area contributed by atoms with Crippen molar-refractivity contribution in [2.75, 3.05) is 4.72 Å². The summed E-state index contributed by atoms with van der Waals surface area (Å²) < 4.78 is 27.9. The van der Waals surface area contributed by atoms with Crippen molar-refractivity contribution in [2.45, 2.75) is 4.90 Å². The molecule has 2 aromatic carbocycles. The van der Waals surface area contributed by atoms with Crippen molar-refractivity contribution < 1.29 is 8.42 Å². The third-order valence-electron chi connectivity index (χ3n) is 2.38. The molecule has 106 valence electrons. The van der Waals surface area contributed by atoms with E-state index in [0.717, 1.165) is 3.57 Å². The van der Waals surface area contributed by atoms with Gasteiger partial charge in [-0.2, -0.15) is 0 Å². The summed E-state index contributed by atoms with van der Waals surface area (Å²) in [5, 5.41) is 0.335. The van der Waals surface area contributed by atoms with Crippen LogP contribution < -0.4 is 4.72 Å². The maximum atomic E-state index is 12.3. The molecule has 0 aliphatic carbocycles. The van der Waals surface area contributed by atoms with Gasteiger partial charge in [-0.05, 0) is 46.9 Å². The Morgan fingerprint density at radius 3 is 2.20 bits per heavy atom. The number of rotatable bonds is 3. The zero-order chi connectivity index (χ0) is 14.9. The van der Waals surface area contributed by atoms with E-state index in [0.29, 0.717) is 5.69 Å². The topological polar surface area (TPSA) is 46.2 Å². The molecule has 0 fully saturated rings. The standard InChI is InChI=1S/C12H7Cl3INO2S/c13-7-5-9(15)12(6-8(7)14)20(18,19)17-11-4-2-1-3-10(11)16/h1-6,17H. The molecule has 0 aliphatic heterocycles. The van der Waals surface area contributed by atoms with Crippen molar-refractivity contribution in [2.24, 2.45) is 0 Å². The highest BCUT2D eigenvalue weighted by molar-refractivity contribution is 14.1. The van der Waals surface area contributed by atoms with Gasteiger partial charge in [0.05, 0.1) is 20.8 Å². The molecule has 0 aliphatic rings. The normalized spacial score (nSPS) is 11.4. The van der Waals surface area contributed by atoms with Crippen LogP contribution in [0.3, 0.4) is 0 Å². The molecule has 0 saturated carbocycles. The van der Waals surface area contributed by atoms with Gasteiger partial charge in [-0.15, -0.1) is 0 Å². The molecule has 1 N–H and O–H groups in total. The van der Waals surface area contributed by atoms with Gasteiger partial charge in [-0.25, -0.2) is 8.42 Å². The molecular formula is C12H7Cl3INO2S. The number of para-hydroxylation sites is 1. The molecule has 0 amide bonds. The zero-order valence-electron chi connectivity index (χ0n) is 9.70. The number of benzene rings is 2. The van der Waals surface area contributed by atoms with Crippen LogP contribution in [0, 0.1) is 3.57 Å². The molecule has 0 bridgehead atoms. The summed E-state index contributed by atoms with van der Waals surface area (Å²) in [5.74, 6) is 0. The number of nitrogens with one attached hydrogen (secondary N) is 1. The molecule has 0 saturated heterocycles. The molecule has 0 atom stereocenters. The number of sulfonamides is 1. The lowest BCUT2D eigenvalue weighted by atomic mass is 10.3. The first-order chi connectivity index (χ1) is 9.31. The Bertz CT molecular complexity index is 765. The fraction of sp³-hybridized carbons (Fsp3) is 0. The van der Waals surface area contributed by atoms with E-state index < -0.39 is 10.0 Å². The SMILES string of the molecule is O=S(=O)(Nc1ccccc1I)c1cc(Cl)c(Cl)cc1Cl. The van der Waals surface area contributed by atoms with Gasteiger partial charge in [-0.1, -0.05) is 46.9 Å². The Hall–Kier alpha value is -0.210. The van der Waals surface area contributed by atoms with Crippen molar-refractivity contribution in [1.29, 1.82) is 0 Å². The highest BCUT2D eigenvalue weighted by Crippen LogP contribution is 2.32. The van der Waals surface area contributed by atoms with Gasteiger partial charge in [0.2, 0.25) is 0 Å². The van der Waals surface area contributed by atoms with Crippen molar-refractivity contribution in [3.8, 4) is 0 Å². The molecule has 8 heteroatoms. The monoisotopic (exact) mass is 461 g/mol. The van der Waals surface area contributed by atoms with Gasteiger partial charge in [0.25, 0.3) is 10.0 Å². The Morgan fingerprint density at radius 2 is 1.55 bits per heavy atom. The van der Waals surface area contributed by atoms with Gasteiger partial charge >= 0.3 is 0 Å². The summed E-state index contributed by atoms with van der Waals surface area (Å²) in [4.78, 5) is -0.117. The molecular weight excluding hydrogens is 455 g/mol. The minimum Gasteiger partial charge on any atom is -0.279 e. The van der Waals surface area contributed by atoms with Crippen LogP contribution in [0.15, 0.2) is 41.3 Å². The van der Waals surface area contributed by atoms with Crippen LogP contribution in [0.1, 0.15) is 0 Å². The van der Waals surface area contributed by atoms with E-state index in [1.54, 1.807) is 18.2 Å². The third-order valence-corrected chi connectivity index (χ3v) is 5.88. The first kappa shape index (κ1) is 16.2. The van der Waals surface area contributed by atoms with E-state index in [-0.39, 0.29) is 20.0 Å². The van der Waals surface area contributed by atoms with Crippen LogP contribution in [0.4, 0.5) is 5.69 Å². The van der Waals surface area contributed by atoms with Crippen molar-refractivity contribution >= 4 is 73.1 Å². The van der Waals surface area contributed by atoms with Crippen LogP contribution >= 0.6 is 57.4 Å². The Balaban J connectivity index is 2.47. The van der Waals surface area contributed by atoms with Gasteiger partial charge in [0, 0.05) is 3.57 Å². The van der Waals surface area contributed by atoms with Gasteiger partial charge in [0.1, 0.15) is 4.90 Å². The van der Waals surface area contributed by atoms with E-state index in [9.17, 15) is 8.42 Å². The molecule has 0 spiro atoms. The molecule has 0 radical (unpaired) electrons. The average molecular weight is 463 g/mol. The Kier molecular flexibility index (Phi) is 5.07. The van der Waals surface area contributed by atoms with Crippen molar-refractivity contribution in [3.63, 3.8) is 0 Å². The van der Waals surface area contributed by atoms with Crippen molar-refractivity contribution in [1.82, 2.24) is 0 Å². The average Bonchev–Trinajstić information content (AvgIpc) is 2.36. The molecule has 2 aromatic rings. The minimum atomic E-state index is -3.84. The molecule has 0 heterocycles. The second kappa shape index (κ2) is 6.27. The summed E-state index contributed by atoms with van der Waals surface area (Å²) in [5.41, 5.74) is 0.468. The van der Waals surface area contributed by atoms with E-state index in [2.05, 4.69) is 4.72 Å². The van der Waals surface area contributed by atoms with Gasteiger partial charge < -0.3 is 0 Å². The second-order valence-corrected chi connectivity index (χ2v) is 7.82. The second-order valence-electron chi connectivity index (χ2n) is 3.78. The number of halogens is 4. The van der Waals surface area contributed by atoms with Crippen LogP contribution in [0.25, 0.3) is 0 Å². The lowest BCUT2D eigenvalue weighted by Gasteiger charge is -2.11. The van der Waals surface area contributed by atoms with Crippen LogP contribution in [0.2, 0.25) is 15.1 Å². The smallest absolute Gasteiger partial charge is 0.263 e. The molecule has 2 rings (SSSR count). The summed E-state index contributed by atoms with van der Waals surface area (Å²) in [6, 6.07) is 9.52. The first-order valence-corrected chi connectivity index (χ1v) is 8.93. The van der Waals surface area contributed by atoms with Gasteiger partial charge in [0.15, 0.2) is 0 Å². The van der Waals surface area contributed by atoms with Crippen LogP contribution in [0.5, 0.6) is 0 Å². The van der Waals surface area contributed by atoms with Crippen LogP contribution in [-0.4, -0.2) is 8.42 Å². The summed E-state index contributed by atoms with van der Waals surface area (Å²) in [7, 11) is -3.84. The quantitative estimate of drug-likeness (QED) is 0.513. The Morgan fingerprint density at radius 1 is 0.950 bits per heavy atom. The minimum absolute atomic E-state index is 0.0119. The fourth-order valence-corrected chi connectivity index (χ4v) is 4.24. The number of hydrogen-bond donors (Lipinski definition) is 1. The number of anilines is 1. The lowest BCUT2D eigenvalue weighted by molar-refractivity contribution is 0.601. The maximum Gasteiger partial charge on any atom is 0.263 e. The van der Waals surface area contributed by atoms with E-state index >= 15 is 0 Å². The molecule has 20 heavy (non-hydrogen) atoms. The summed E-state index contributed by atoms with van der Waals surface area (Å²) in [6.45, 7) is 0. The largest absolute Gasteiger partial charge is 0.279 e. The maximum absolute atomic E-state index is 12.3. The zero-order valence-corrected chi connectivity index (χ0v) is 14.9. The fourth-order valence-electron chi connectivity index (χ4n) is 1.45. The highest BCUT2D eigenvalue weighted by Gasteiger charge is 2.20. The van der Waals surface area contributed by atoms with E-state index in [1.807, 2.05) is 28.7 Å².